The van der Waals surface area contributed by atoms with Crippen molar-refractivity contribution >= 4 is 23.3 Å². The summed E-state index contributed by atoms with van der Waals surface area (Å²) >= 11 is 0. The molecule has 1 aliphatic heterocycles. The van der Waals surface area contributed by atoms with E-state index in [9.17, 15) is 0 Å². The topological polar surface area (TPSA) is 97.0 Å². The molecule has 3 rings (SSSR count). The first-order valence-electron chi connectivity index (χ1n) is 9.43. The number of morpholine rings is 1. The lowest BCUT2D eigenvalue weighted by Crippen LogP contribution is -2.36. The van der Waals surface area contributed by atoms with Gasteiger partial charge in [0.15, 0.2) is 0 Å². The van der Waals surface area contributed by atoms with Gasteiger partial charge in [0.2, 0.25) is 5.88 Å². The van der Waals surface area contributed by atoms with Gasteiger partial charge in [-0.1, -0.05) is 6.07 Å². The van der Waals surface area contributed by atoms with Crippen LogP contribution in [0.25, 0.3) is 0 Å². The maximum absolute atomic E-state index is 5.99. The number of aryl methyl sites for hydroxylation is 1. The molecule has 8 heteroatoms. The quantitative estimate of drug-likeness (QED) is 0.277. The molecular weight excluding hydrogens is 356 g/mol. The van der Waals surface area contributed by atoms with Crippen LogP contribution >= 0.6 is 0 Å². The van der Waals surface area contributed by atoms with Gasteiger partial charge in [-0.2, -0.15) is 5.10 Å². The number of rotatable bonds is 8. The van der Waals surface area contributed by atoms with E-state index in [0.717, 1.165) is 49.8 Å². The molecule has 28 heavy (non-hydrogen) atoms. The number of nitrogens with two attached hydrogens (primary N) is 1. The van der Waals surface area contributed by atoms with Gasteiger partial charge in [0.1, 0.15) is 6.61 Å². The summed E-state index contributed by atoms with van der Waals surface area (Å²) in [6, 6.07) is 9.74. The summed E-state index contributed by atoms with van der Waals surface area (Å²) in [4.78, 5) is 6.81. The molecule has 0 amide bonds. The molecule has 8 nitrogen and oxygen atoms in total. The van der Waals surface area contributed by atoms with Crippen LogP contribution in [0.5, 0.6) is 5.88 Å². The lowest BCUT2D eigenvalue weighted by atomic mass is 10.2. The van der Waals surface area contributed by atoms with Gasteiger partial charge in [-0.15, -0.1) is 0 Å². The van der Waals surface area contributed by atoms with Gasteiger partial charge in [-0.25, -0.2) is 4.98 Å². The SMILES string of the molecule is CNCCOc1cc(N2CCOCC2)cc(C=NNc2cc(C)ccc2N)n1. The summed E-state index contributed by atoms with van der Waals surface area (Å²) in [5.41, 5.74) is 13.3. The molecule has 1 saturated heterocycles. The number of hydrogen-bond acceptors (Lipinski definition) is 8. The van der Waals surface area contributed by atoms with Crippen molar-refractivity contribution in [2.24, 2.45) is 5.10 Å². The van der Waals surface area contributed by atoms with Crippen molar-refractivity contribution in [3.05, 3.63) is 41.6 Å². The summed E-state index contributed by atoms with van der Waals surface area (Å²) in [6.45, 7) is 6.43. The average molecular weight is 384 g/mol. The van der Waals surface area contributed by atoms with Crippen LogP contribution < -0.4 is 26.1 Å². The molecule has 0 atom stereocenters. The van der Waals surface area contributed by atoms with E-state index in [1.54, 1.807) is 6.21 Å². The molecule has 0 bridgehead atoms. The third kappa shape index (κ3) is 5.58. The van der Waals surface area contributed by atoms with Gasteiger partial charge in [0.25, 0.3) is 0 Å². The normalized spacial score (nSPS) is 14.4. The van der Waals surface area contributed by atoms with Crippen LogP contribution in [0.1, 0.15) is 11.3 Å². The van der Waals surface area contributed by atoms with Crippen molar-refractivity contribution < 1.29 is 9.47 Å². The van der Waals surface area contributed by atoms with Crippen molar-refractivity contribution in [1.29, 1.82) is 0 Å². The average Bonchev–Trinajstić information content (AvgIpc) is 2.71. The molecule has 0 spiro atoms. The molecule has 2 heterocycles. The van der Waals surface area contributed by atoms with E-state index in [2.05, 4.69) is 25.7 Å². The fourth-order valence-corrected chi connectivity index (χ4v) is 2.85. The van der Waals surface area contributed by atoms with Gasteiger partial charge in [0.05, 0.1) is 36.5 Å². The van der Waals surface area contributed by atoms with Gasteiger partial charge in [0, 0.05) is 31.4 Å². The zero-order chi connectivity index (χ0) is 19.8. The molecule has 1 aromatic heterocycles. The highest BCUT2D eigenvalue weighted by Crippen LogP contribution is 2.22. The molecule has 150 valence electrons. The largest absolute Gasteiger partial charge is 0.476 e. The molecule has 0 aliphatic carbocycles. The van der Waals surface area contributed by atoms with Gasteiger partial charge in [-0.3, -0.25) is 5.43 Å². The zero-order valence-corrected chi connectivity index (χ0v) is 16.4. The Morgan fingerprint density at radius 1 is 1.29 bits per heavy atom. The molecule has 1 aliphatic rings. The van der Waals surface area contributed by atoms with Crippen molar-refractivity contribution in [2.75, 3.05) is 62.6 Å². The minimum Gasteiger partial charge on any atom is -0.476 e. The third-order valence-electron chi connectivity index (χ3n) is 4.38. The van der Waals surface area contributed by atoms with Crippen LogP contribution in [0.15, 0.2) is 35.4 Å². The number of likely N-dealkylation sites (N-methyl/N-ethyl adjacent to an activating group) is 1. The summed E-state index contributed by atoms with van der Waals surface area (Å²) in [7, 11) is 1.89. The number of nitrogen functional groups attached to an aromatic ring is 1. The molecule has 0 saturated carbocycles. The Kier molecular flexibility index (Phi) is 7.05. The maximum atomic E-state index is 5.99. The number of hydrogen-bond donors (Lipinski definition) is 3. The smallest absolute Gasteiger partial charge is 0.215 e. The van der Waals surface area contributed by atoms with E-state index in [1.807, 2.05) is 44.3 Å². The first-order chi connectivity index (χ1) is 13.7. The van der Waals surface area contributed by atoms with E-state index < -0.39 is 0 Å². The number of nitrogens with zero attached hydrogens (tertiary/aromatic N) is 3. The standard InChI is InChI=1S/C20H28N6O2/c1-15-3-4-18(21)19(11-15)25-23-14-16-12-17(26-6-9-27-10-7-26)13-20(24-16)28-8-5-22-2/h3-4,11-14,22,25H,5-10,21H2,1-2H3. The Labute approximate surface area is 165 Å². The molecule has 0 radical (unpaired) electrons. The Bertz CT molecular complexity index is 805. The van der Waals surface area contributed by atoms with Gasteiger partial charge >= 0.3 is 0 Å². The number of hydrazone groups is 1. The highest BCUT2D eigenvalue weighted by molar-refractivity contribution is 5.80. The molecule has 0 unspecified atom stereocenters. The highest BCUT2D eigenvalue weighted by Gasteiger charge is 2.14. The minimum absolute atomic E-state index is 0.546. The summed E-state index contributed by atoms with van der Waals surface area (Å²) in [5, 5.41) is 7.37. The predicted octanol–water partition coefficient (Wildman–Crippen LogP) is 1.85. The summed E-state index contributed by atoms with van der Waals surface area (Å²) in [5.74, 6) is 0.579. The highest BCUT2D eigenvalue weighted by atomic mass is 16.5. The van der Waals surface area contributed by atoms with E-state index >= 15 is 0 Å². The second kappa shape index (κ2) is 9.91. The Hall–Kier alpha value is -2.84. The van der Waals surface area contributed by atoms with Crippen LogP contribution in [0, 0.1) is 6.92 Å². The summed E-state index contributed by atoms with van der Waals surface area (Å²) in [6.07, 6.45) is 1.68. The van der Waals surface area contributed by atoms with Crippen molar-refractivity contribution in [3.8, 4) is 5.88 Å². The lowest BCUT2D eigenvalue weighted by molar-refractivity contribution is 0.122. The van der Waals surface area contributed by atoms with Crippen molar-refractivity contribution in [3.63, 3.8) is 0 Å². The van der Waals surface area contributed by atoms with E-state index in [-0.39, 0.29) is 0 Å². The monoisotopic (exact) mass is 384 g/mol. The third-order valence-corrected chi connectivity index (χ3v) is 4.38. The maximum Gasteiger partial charge on any atom is 0.215 e. The fourth-order valence-electron chi connectivity index (χ4n) is 2.85. The van der Waals surface area contributed by atoms with Crippen LogP contribution in [0.3, 0.4) is 0 Å². The number of pyridine rings is 1. The molecule has 1 aromatic carbocycles. The van der Waals surface area contributed by atoms with Crippen LogP contribution in [-0.4, -0.2) is 57.7 Å². The molecule has 2 aromatic rings. The predicted molar refractivity (Wildman–Crippen MR) is 113 cm³/mol. The Balaban J connectivity index is 1.77. The first-order valence-corrected chi connectivity index (χ1v) is 9.43. The molecule has 1 fully saturated rings. The van der Waals surface area contributed by atoms with Crippen molar-refractivity contribution in [2.45, 2.75) is 6.92 Å². The van der Waals surface area contributed by atoms with Crippen LogP contribution in [0.2, 0.25) is 0 Å². The summed E-state index contributed by atoms with van der Waals surface area (Å²) < 4.78 is 11.2. The number of benzene rings is 1. The van der Waals surface area contributed by atoms with E-state index in [4.69, 9.17) is 15.2 Å². The van der Waals surface area contributed by atoms with Crippen molar-refractivity contribution in [1.82, 2.24) is 10.3 Å². The number of ether oxygens (including phenoxy) is 2. The second-order valence-corrected chi connectivity index (χ2v) is 6.60. The fraction of sp³-hybridized carbons (Fsp3) is 0.400. The van der Waals surface area contributed by atoms with Crippen LogP contribution in [-0.2, 0) is 4.74 Å². The number of anilines is 3. The van der Waals surface area contributed by atoms with E-state index in [0.29, 0.717) is 23.9 Å². The van der Waals surface area contributed by atoms with Gasteiger partial charge < -0.3 is 25.4 Å². The second-order valence-electron chi connectivity index (χ2n) is 6.60. The Morgan fingerprint density at radius 2 is 2.11 bits per heavy atom. The first kappa shape index (κ1) is 19.9. The zero-order valence-electron chi connectivity index (χ0n) is 16.4. The molecular formula is C20H28N6O2. The van der Waals surface area contributed by atoms with E-state index in [1.165, 1.54) is 0 Å². The van der Waals surface area contributed by atoms with Gasteiger partial charge in [-0.05, 0) is 37.7 Å². The lowest BCUT2D eigenvalue weighted by Gasteiger charge is -2.29. The minimum atomic E-state index is 0.546. The molecule has 4 N–H and O–H groups in total. The Morgan fingerprint density at radius 3 is 2.89 bits per heavy atom. The number of nitrogens with one attached hydrogen (secondary N) is 2. The van der Waals surface area contributed by atoms with Crippen LogP contribution in [0.4, 0.5) is 17.1 Å². The number of aromatic nitrogens is 1.